The van der Waals surface area contributed by atoms with Crippen LogP contribution < -0.4 is 9.47 Å². The molecular weight excluding hydrogens is 252 g/mol. The van der Waals surface area contributed by atoms with Crippen LogP contribution in [0.3, 0.4) is 0 Å². The number of aromatic carboxylic acids is 1. The zero-order valence-corrected chi connectivity index (χ0v) is 10.4. The quantitative estimate of drug-likeness (QED) is 0.506. The van der Waals surface area contributed by atoms with E-state index in [0.29, 0.717) is 0 Å². The van der Waals surface area contributed by atoms with Crippen LogP contribution in [-0.4, -0.2) is 23.0 Å². The summed E-state index contributed by atoms with van der Waals surface area (Å²) >= 11 is 0. The van der Waals surface area contributed by atoms with Gasteiger partial charge in [-0.3, -0.25) is 4.79 Å². The van der Waals surface area contributed by atoms with Crippen molar-refractivity contribution in [1.29, 1.82) is 0 Å². The van der Waals surface area contributed by atoms with Crippen molar-refractivity contribution in [3.8, 4) is 11.5 Å². The number of carboxylic acids is 1. The molecule has 6 nitrogen and oxygen atoms in total. The highest BCUT2D eigenvalue weighted by Gasteiger charge is 2.15. The van der Waals surface area contributed by atoms with E-state index in [2.05, 4.69) is 6.58 Å². The molecule has 0 aliphatic carbocycles. The summed E-state index contributed by atoms with van der Waals surface area (Å²) in [6.45, 7) is 6.02. The third kappa shape index (κ3) is 3.95. The number of carbonyl (C=O) groups is 3. The van der Waals surface area contributed by atoms with Crippen LogP contribution in [0.15, 0.2) is 30.4 Å². The summed E-state index contributed by atoms with van der Waals surface area (Å²) in [5.41, 5.74) is -0.0123. The van der Waals surface area contributed by atoms with Gasteiger partial charge < -0.3 is 14.6 Å². The molecule has 0 saturated carbocycles. The summed E-state index contributed by atoms with van der Waals surface area (Å²) in [4.78, 5) is 33.1. The van der Waals surface area contributed by atoms with Crippen molar-refractivity contribution in [2.45, 2.75) is 13.8 Å². The second kappa shape index (κ2) is 5.81. The molecule has 0 amide bonds. The van der Waals surface area contributed by atoms with Crippen LogP contribution in [0.25, 0.3) is 0 Å². The molecule has 1 rings (SSSR count). The van der Waals surface area contributed by atoms with Crippen molar-refractivity contribution in [3.05, 3.63) is 35.9 Å². The van der Waals surface area contributed by atoms with Gasteiger partial charge in [-0.25, -0.2) is 9.59 Å². The molecule has 0 radical (unpaired) electrons. The Kier molecular flexibility index (Phi) is 4.41. The van der Waals surface area contributed by atoms with Gasteiger partial charge in [-0.1, -0.05) is 6.58 Å². The Balaban J connectivity index is 3.10. The van der Waals surface area contributed by atoms with Crippen LogP contribution in [0.5, 0.6) is 11.5 Å². The fourth-order valence-electron chi connectivity index (χ4n) is 1.18. The van der Waals surface area contributed by atoms with E-state index in [0.717, 1.165) is 13.0 Å². The average Bonchev–Trinajstić information content (AvgIpc) is 2.27. The third-order valence-corrected chi connectivity index (χ3v) is 2.00. The van der Waals surface area contributed by atoms with E-state index in [1.54, 1.807) is 0 Å². The number of ether oxygens (including phenoxy) is 2. The molecule has 0 spiro atoms. The lowest BCUT2D eigenvalue weighted by atomic mass is 10.2. The number of carboxylic acid groups (broad SMARTS) is 1. The molecule has 0 heterocycles. The first kappa shape index (κ1) is 14.4. The Morgan fingerprint density at radius 2 is 1.79 bits per heavy atom. The maximum absolute atomic E-state index is 11.3. The summed E-state index contributed by atoms with van der Waals surface area (Å²) in [5, 5.41) is 8.93. The zero-order chi connectivity index (χ0) is 14.6. The highest BCUT2D eigenvalue weighted by Crippen LogP contribution is 2.25. The molecule has 0 unspecified atom stereocenters. The third-order valence-electron chi connectivity index (χ3n) is 2.00. The van der Waals surface area contributed by atoms with Gasteiger partial charge in [-0.05, 0) is 19.1 Å². The van der Waals surface area contributed by atoms with Crippen LogP contribution in [0.4, 0.5) is 0 Å². The van der Waals surface area contributed by atoms with E-state index in [1.807, 2.05) is 0 Å². The number of hydrogen-bond acceptors (Lipinski definition) is 5. The van der Waals surface area contributed by atoms with Gasteiger partial charge in [0, 0.05) is 18.6 Å². The van der Waals surface area contributed by atoms with Crippen molar-refractivity contribution in [1.82, 2.24) is 0 Å². The average molecular weight is 264 g/mol. The van der Waals surface area contributed by atoms with Crippen LogP contribution in [0, 0.1) is 0 Å². The van der Waals surface area contributed by atoms with Crippen molar-refractivity contribution < 1.29 is 29.0 Å². The monoisotopic (exact) mass is 264 g/mol. The van der Waals surface area contributed by atoms with Gasteiger partial charge in [0.2, 0.25) is 0 Å². The molecule has 0 bridgehead atoms. The molecule has 0 aromatic heterocycles. The van der Waals surface area contributed by atoms with E-state index >= 15 is 0 Å². The molecule has 0 atom stereocenters. The van der Waals surface area contributed by atoms with Gasteiger partial charge >= 0.3 is 17.9 Å². The van der Waals surface area contributed by atoms with Gasteiger partial charge in [0.05, 0.1) is 0 Å². The van der Waals surface area contributed by atoms with Gasteiger partial charge in [0.15, 0.2) is 0 Å². The molecule has 6 heteroatoms. The van der Waals surface area contributed by atoms with Crippen molar-refractivity contribution in [3.63, 3.8) is 0 Å². The van der Waals surface area contributed by atoms with E-state index < -0.39 is 17.9 Å². The van der Waals surface area contributed by atoms with Crippen LogP contribution in [0.2, 0.25) is 0 Å². The van der Waals surface area contributed by atoms with Gasteiger partial charge in [0.1, 0.15) is 17.1 Å². The SMILES string of the molecule is C=C(C)C(=O)Oc1ccc(C(=O)O)c(OC(C)=O)c1. The van der Waals surface area contributed by atoms with E-state index in [-0.39, 0.29) is 22.6 Å². The zero-order valence-electron chi connectivity index (χ0n) is 10.4. The number of hydrogen-bond donors (Lipinski definition) is 1. The smallest absolute Gasteiger partial charge is 0.339 e. The number of rotatable bonds is 4. The molecule has 0 aliphatic rings. The molecule has 19 heavy (non-hydrogen) atoms. The molecule has 100 valence electrons. The first-order valence-electron chi connectivity index (χ1n) is 5.24. The summed E-state index contributed by atoms with van der Waals surface area (Å²) in [6.07, 6.45) is 0. The maximum Gasteiger partial charge on any atom is 0.339 e. The van der Waals surface area contributed by atoms with Crippen molar-refractivity contribution in [2.24, 2.45) is 0 Å². The minimum atomic E-state index is -1.26. The fraction of sp³-hybridized carbons (Fsp3) is 0.154. The fourth-order valence-corrected chi connectivity index (χ4v) is 1.18. The summed E-state index contributed by atoms with van der Waals surface area (Å²) in [5.74, 6) is -2.71. The molecule has 0 fully saturated rings. The Hall–Kier alpha value is -2.63. The molecule has 0 aliphatic heterocycles. The lowest BCUT2D eigenvalue weighted by Crippen LogP contribution is -2.10. The van der Waals surface area contributed by atoms with E-state index in [9.17, 15) is 14.4 Å². The van der Waals surface area contributed by atoms with Crippen molar-refractivity contribution in [2.75, 3.05) is 0 Å². The Morgan fingerprint density at radius 3 is 2.26 bits per heavy atom. The summed E-state index contributed by atoms with van der Waals surface area (Å²) in [7, 11) is 0. The predicted octanol–water partition coefficient (Wildman–Crippen LogP) is 1.79. The van der Waals surface area contributed by atoms with Crippen LogP contribution in [-0.2, 0) is 9.59 Å². The lowest BCUT2D eigenvalue weighted by Gasteiger charge is -2.08. The second-order valence-corrected chi connectivity index (χ2v) is 3.73. The minimum Gasteiger partial charge on any atom is -0.478 e. The minimum absolute atomic E-state index is 0.0641. The molecular formula is C13H12O6. The Labute approximate surface area is 109 Å². The topological polar surface area (TPSA) is 89.9 Å². The van der Waals surface area contributed by atoms with Gasteiger partial charge in [-0.2, -0.15) is 0 Å². The number of benzene rings is 1. The molecule has 1 aromatic carbocycles. The Bertz CT molecular complexity index is 558. The van der Waals surface area contributed by atoms with Gasteiger partial charge in [0.25, 0.3) is 0 Å². The molecule has 1 aromatic rings. The van der Waals surface area contributed by atoms with Crippen molar-refractivity contribution >= 4 is 17.9 Å². The number of carbonyl (C=O) groups excluding carboxylic acids is 2. The van der Waals surface area contributed by atoms with Gasteiger partial charge in [-0.15, -0.1) is 0 Å². The first-order chi connectivity index (χ1) is 8.81. The van der Waals surface area contributed by atoms with Crippen LogP contribution in [0.1, 0.15) is 24.2 Å². The number of esters is 2. The second-order valence-electron chi connectivity index (χ2n) is 3.73. The van der Waals surface area contributed by atoms with E-state index in [4.69, 9.17) is 14.6 Å². The standard InChI is InChI=1S/C13H12O6/c1-7(2)13(17)19-9-4-5-10(12(15)16)11(6-9)18-8(3)14/h4-6H,1H2,2-3H3,(H,15,16). The first-order valence-corrected chi connectivity index (χ1v) is 5.24. The summed E-state index contributed by atoms with van der Waals surface area (Å²) < 4.78 is 9.67. The molecule has 1 N–H and O–H groups in total. The highest BCUT2D eigenvalue weighted by atomic mass is 16.5. The lowest BCUT2D eigenvalue weighted by molar-refractivity contribution is -0.132. The maximum atomic E-state index is 11.3. The summed E-state index contributed by atoms with van der Waals surface area (Å²) in [6, 6.07) is 3.63. The molecule has 0 saturated heterocycles. The predicted molar refractivity (Wildman–Crippen MR) is 65.2 cm³/mol. The normalized spacial score (nSPS) is 9.58. The van der Waals surface area contributed by atoms with Crippen LogP contribution >= 0.6 is 0 Å². The highest BCUT2D eigenvalue weighted by molar-refractivity contribution is 5.93. The largest absolute Gasteiger partial charge is 0.478 e. The van der Waals surface area contributed by atoms with E-state index in [1.165, 1.54) is 19.1 Å². The Morgan fingerprint density at radius 1 is 1.16 bits per heavy atom.